The molecule has 4 rings (SSSR count). The third kappa shape index (κ3) is 6.99. The van der Waals surface area contributed by atoms with Crippen LogP contribution in [0.5, 0.6) is 5.75 Å². The van der Waals surface area contributed by atoms with Gasteiger partial charge in [-0.25, -0.2) is 4.79 Å². The molecule has 1 saturated heterocycles. The quantitative estimate of drug-likeness (QED) is 0.573. The van der Waals surface area contributed by atoms with Crippen molar-refractivity contribution in [2.24, 2.45) is 0 Å². The van der Waals surface area contributed by atoms with Gasteiger partial charge in [0.25, 0.3) is 5.91 Å². The molecule has 2 bridgehead atoms. The number of hydrogen-bond donors (Lipinski definition) is 2. The number of cyclic esters (lactones) is 1. The highest BCUT2D eigenvalue weighted by Gasteiger charge is 2.27. The molecule has 4 amide bonds. The molecule has 13 heteroatoms. The summed E-state index contributed by atoms with van der Waals surface area (Å²) in [6.07, 6.45) is 2.33. The Kier molecular flexibility index (Phi) is 8.77. The zero-order chi connectivity index (χ0) is 27.1. The normalized spacial score (nSPS) is 19.7. The van der Waals surface area contributed by atoms with E-state index in [-0.39, 0.29) is 31.5 Å². The third-order valence-corrected chi connectivity index (χ3v) is 6.28. The standard InChI is InChI=1S/C25H33N7O6/c1-17-5-6-20-21(13-17)37-11-4-9-32-15-19(28-29-32)14-30(22(33)16-31-10-12-38-25(31)36)8-3-7-26-23(34)18(2)27-24(20)35/h5-6,13,15,18H,3-4,7-12,14,16H2,1-2H3,(H,26,34)(H,27,35)/t18-/m1/s1. The van der Waals surface area contributed by atoms with Gasteiger partial charge in [-0.3, -0.25) is 24.0 Å². The highest BCUT2D eigenvalue weighted by molar-refractivity contribution is 5.99. The predicted octanol–water partition coefficient (Wildman–Crippen LogP) is 0.475. The van der Waals surface area contributed by atoms with Gasteiger partial charge in [-0.15, -0.1) is 5.10 Å². The van der Waals surface area contributed by atoms with Crippen molar-refractivity contribution in [2.75, 3.05) is 39.4 Å². The number of carbonyl (C=O) groups excluding carboxylic acids is 4. The molecule has 0 unspecified atom stereocenters. The highest BCUT2D eigenvalue weighted by Crippen LogP contribution is 2.21. The fourth-order valence-corrected chi connectivity index (χ4v) is 4.16. The first-order chi connectivity index (χ1) is 18.3. The molecule has 1 aromatic heterocycles. The van der Waals surface area contributed by atoms with E-state index in [1.165, 1.54) is 4.90 Å². The molecule has 0 aliphatic carbocycles. The van der Waals surface area contributed by atoms with Crippen LogP contribution in [0, 0.1) is 6.92 Å². The lowest BCUT2D eigenvalue weighted by molar-refractivity contribution is -0.132. The van der Waals surface area contributed by atoms with Crippen LogP contribution in [0.15, 0.2) is 24.4 Å². The number of carbonyl (C=O) groups is 4. The molecule has 2 aliphatic heterocycles. The van der Waals surface area contributed by atoms with Crippen LogP contribution >= 0.6 is 0 Å². The van der Waals surface area contributed by atoms with E-state index in [4.69, 9.17) is 9.47 Å². The Morgan fingerprint density at radius 1 is 1.11 bits per heavy atom. The third-order valence-electron chi connectivity index (χ3n) is 6.28. The van der Waals surface area contributed by atoms with Gasteiger partial charge in [-0.2, -0.15) is 0 Å². The Morgan fingerprint density at radius 2 is 1.95 bits per heavy atom. The summed E-state index contributed by atoms with van der Waals surface area (Å²) >= 11 is 0. The number of nitrogens with zero attached hydrogens (tertiary/aromatic N) is 5. The SMILES string of the molecule is Cc1ccc2c(c1)OCCCn1cc(nn1)CN(C(=O)CN1CCOC1=O)CCCNC(=O)[C@@H](C)NC2=O. The lowest BCUT2D eigenvalue weighted by Crippen LogP contribution is -2.46. The molecular weight excluding hydrogens is 494 g/mol. The number of aromatic nitrogens is 3. The van der Waals surface area contributed by atoms with E-state index in [0.29, 0.717) is 62.6 Å². The van der Waals surface area contributed by atoms with Crippen molar-refractivity contribution in [1.82, 2.24) is 35.4 Å². The molecule has 0 radical (unpaired) electrons. The first-order valence-corrected chi connectivity index (χ1v) is 12.7. The maximum atomic E-state index is 13.0. The smallest absolute Gasteiger partial charge is 0.410 e. The Labute approximate surface area is 220 Å². The summed E-state index contributed by atoms with van der Waals surface area (Å²) in [6.45, 7) is 5.75. The molecule has 204 valence electrons. The average molecular weight is 528 g/mol. The Bertz CT molecular complexity index is 1180. The van der Waals surface area contributed by atoms with E-state index in [2.05, 4.69) is 20.9 Å². The van der Waals surface area contributed by atoms with Gasteiger partial charge in [-0.05, 0) is 38.0 Å². The Morgan fingerprint density at radius 3 is 2.74 bits per heavy atom. The van der Waals surface area contributed by atoms with E-state index in [0.717, 1.165) is 5.56 Å². The van der Waals surface area contributed by atoms with Gasteiger partial charge in [0.2, 0.25) is 11.8 Å². The molecule has 1 fully saturated rings. The van der Waals surface area contributed by atoms with Crippen molar-refractivity contribution < 1.29 is 28.7 Å². The van der Waals surface area contributed by atoms with E-state index < -0.39 is 18.0 Å². The number of nitrogens with one attached hydrogen (secondary N) is 2. The largest absolute Gasteiger partial charge is 0.493 e. The predicted molar refractivity (Wildman–Crippen MR) is 134 cm³/mol. The maximum absolute atomic E-state index is 13.0. The summed E-state index contributed by atoms with van der Waals surface area (Å²) in [5.74, 6) is -0.550. The van der Waals surface area contributed by atoms with Crippen molar-refractivity contribution in [3.8, 4) is 5.75 Å². The van der Waals surface area contributed by atoms with Crippen LogP contribution in [0.4, 0.5) is 4.79 Å². The molecule has 3 heterocycles. The second-order valence-electron chi connectivity index (χ2n) is 9.37. The second-order valence-corrected chi connectivity index (χ2v) is 9.37. The Hall–Kier alpha value is -4.16. The Balaban J connectivity index is 1.48. The van der Waals surface area contributed by atoms with Gasteiger partial charge in [0.15, 0.2) is 0 Å². The van der Waals surface area contributed by atoms with Gasteiger partial charge < -0.3 is 25.0 Å². The fourth-order valence-electron chi connectivity index (χ4n) is 4.16. The van der Waals surface area contributed by atoms with E-state index in [9.17, 15) is 19.2 Å². The van der Waals surface area contributed by atoms with E-state index in [1.54, 1.807) is 34.8 Å². The minimum absolute atomic E-state index is 0.0975. The molecular formula is C25H33N7O6. The van der Waals surface area contributed by atoms with Gasteiger partial charge >= 0.3 is 6.09 Å². The number of fused-ring (bicyclic) bond motifs is 3. The maximum Gasteiger partial charge on any atom is 0.410 e. The lowest BCUT2D eigenvalue weighted by atomic mass is 10.1. The number of hydrogen-bond acceptors (Lipinski definition) is 8. The van der Waals surface area contributed by atoms with Crippen molar-refractivity contribution >= 4 is 23.8 Å². The molecule has 1 atom stereocenters. The molecule has 2 aliphatic rings. The highest BCUT2D eigenvalue weighted by atomic mass is 16.6. The fraction of sp³-hybridized carbons (Fsp3) is 0.520. The molecule has 13 nitrogen and oxygen atoms in total. The van der Waals surface area contributed by atoms with Crippen LogP contribution in [-0.2, 0) is 27.4 Å². The molecule has 0 spiro atoms. The number of rotatable bonds is 2. The van der Waals surface area contributed by atoms with Crippen molar-refractivity contribution in [2.45, 2.75) is 45.8 Å². The molecule has 1 aromatic carbocycles. The summed E-state index contributed by atoms with van der Waals surface area (Å²) in [5, 5.41) is 13.9. The summed E-state index contributed by atoms with van der Waals surface area (Å²) < 4.78 is 12.5. The van der Waals surface area contributed by atoms with Crippen LogP contribution < -0.4 is 15.4 Å². The van der Waals surface area contributed by atoms with Crippen molar-refractivity contribution in [3.05, 3.63) is 41.2 Å². The summed E-state index contributed by atoms with van der Waals surface area (Å²) in [4.78, 5) is 53.3. The van der Waals surface area contributed by atoms with Gasteiger partial charge in [0, 0.05) is 26.1 Å². The van der Waals surface area contributed by atoms with Crippen LogP contribution in [0.3, 0.4) is 0 Å². The minimum atomic E-state index is -0.772. The number of ether oxygens (including phenoxy) is 2. The van der Waals surface area contributed by atoms with Crippen LogP contribution in [-0.4, -0.2) is 94.0 Å². The number of amides is 4. The first kappa shape index (κ1) is 26.9. The zero-order valence-electron chi connectivity index (χ0n) is 21.6. The molecule has 0 saturated carbocycles. The number of benzene rings is 1. The zero-order valence-corrected chi connectivity index (χ0v) is 21.6. The van der Waals surface area contributed by atoms with Gasteiger partial charge in [0.1, 0.15) is 30.6 Å². The van der Waals surface area contributed by atoms with Crippen molar-refractivity contribution in [3.63, 3.8) is 0 Å². The number of aryl methyl sites for hydroxylation is 2. The van der Waals surface area contributed by atoms with Gasteiger partial charge in [-0.1, -0.05) is 11.3 Å². The van der Waals surface area contributed by atoms with E-state index >= 15 is 0 Å². The van der Waals surface area contributed by atoms with Gasteiger partial charge in [0.05, 0.1) is 31.5 Å². The summed E-state index contributed by atoms with van der Waals surface area (Å²) in [6, 6.07) is 4.53. The lowest BCUT2D eigenvalue weighted by Gasteiger charge is -2.24. The monoisotopic (exact) mass is 527 g/mol. The molecule has 2 N–H and O–H groups in total. The molecule has 2 aromatic rings. The van der Waals surface area contributed by atoms with Crippen molar-refractivity contribution in [1.29, 1.82) is 0 Å². The minimum Gasteiger partial charge on any atom is -0.493 e. The summed E-state index contributed by atoms with van der Waals surface area (Å²) in [5.41, 5.74) is 1.91. The first-order valence-electron chi connectivity index (χ1n) is 12.7. The van der Waals surface area contributed by atoms with Crippen LogP contribution in [0.25, 0.3) is 0 Å². The second kappa shape index (κ2) is 12.4. The van der Waals surface area contributed by atoms with Crippen LogP contribution in [0.1, 0.15) is 41.4 Å². The van der Waals surface area contributed by atoms with Crippen LogP contribution in [0.2, 0.25) is 0 Å². The molecule has 38 heavy (non-hydrogen) atoms. The summed E-state index contributed by atoms with van der Waals surface area (Å²) in [7, 11) is 0. The average Bonchev–Trinajstić information content (AvgIpc) is 3.51. The van der Waals surface area contributed by atoms with E-state index in [1.807, 2.05) is 13.0 Å². The topological polar surface area (TPSA) is 148 Å².